The predicted molar refractivity (Wildman–Crippen MR) is 105 cm³/mol. The highest BCUT2D eigenvalue weighted by Gasteiger charge is 2.15. The van der Waals surface area contributed by atoms with Crippen LogP contribution in [0.4, 0.5) is 11.5 Å². The third kappa shape index (κ3) is 5.18. The fourth-order valence-corrected chi connectivity index (χ4v) is 3.19. The maximum Gasteiger partial charge on any atom is 0.343 e. The summed E-state index contributed by atoms with van der Waals surface area (Å²) < 4.78 is 5.69. The van der Waals surface area contributed by atoms with Crippen LogP contribution in [0, 0.1) is 13.8 Å². The molecule has 0 radical (unpaired) electrons. The number of rotatable bonds is 6. The summed E-state index contributed by atoms with van der Waals surface area (Å²) in [5, 5.41) is 3.15. The van der Waals surface area contributed by atoms with Crippen molar-refractivity contribution < 1.29 is 14.3 Å². The molecule has 0 saturated carbocycles. The Kier molecular flexibility index (Phi) is 6.98. The van der Waals surface area contributed by atoms with Gasteiger partial charge in [0.25, 0.3) is 0 Å². The number of anilines is 2. The molecule has 1 aromatic heterocycles. The molecule has 0 bridgehead atoms. The summed E-state index contributed by atoms with van der Waals surface area (Å²) in [6.45, 7) is 5.92. The normalized spacial score (nSPS) is 10.5. The van der Waals surface area contributed by atoms with Gasteiger partial charge in [-0.05, 0) is 60.0 Å². The van der Waals surface area contributed by atoms with Crippen LogP contribution in [-0.4, -0.2) is 34.2 Å². The quantitative estimate of drug-likeness (QED) is 0.404. The zero-order chi connectivity index (χ0) is 19.3. The number of halogens is 1. The van der Waals surface area contributed by atoms with Gasteiger partial charge in [-0.25, -0.2) is 14.8 Å². The minimum atomic E-state index is -0.570. The third-order valence-electron chi connectivity index (χ3n) is 3.48. The molecule has 7 nitrogen and oxygen atoms in total. The van der Waals surface area contributed by atoms with E-state index in [9.17, 15) is 9.59 Å². The van der Waals surface area contributed by atoms with Gasteiger partial charge in [0, 0.05) is 10.7 Å². The molecule has 1 aromatic carbocycles. The van der Waals surface area contributed by atoms with Crippen molar-refractivity contribution in [2.75, 3.05) is 23.4 Å². The molecule has 0 spiro atoms. The summed E-state index contributed by atoms with van der Waals surface area (Å²) in [5.74, 6) is -0.634. The molecule has 2 rings (SSSR count). The smallest absolute Gasteiger partial charge is 0.343 e. The zero-order valence-electron chi connectivity index (χ0n) is 14.6. The number of nitrogens with one attached hydrogen (secondary N) is 1. The standard InChI is InChI=1S/C17H19BrN4O3S/c1-4-25-16(24)11-7-20-17(22-15(11)19)26-8-14(23)21-13-6-10(3)9(2)5-12(13)18/h5-7H,4,8H2,1-3H3,(H,21,23)(H2,19,20,22). The fourth-order valence-electron chi connectivity index (χ4n) is 2.01. The summed E-state index contributed by atoms with van der Waals surface area (Å²) in [4.78, 5) is 31.9. The van der Waals surface area contributed by atoms with Gasteiger partial charge in [-0.3, -0.25) is 4.79 Å². The van der Waals surface area contributed by atoms with Crippen molar-refractivity contribution in [1.29, 1.82) is 0 Å². The van der Waals surface area contributed by atoms with E-state index >= 15 is 0 Å². The molecule has 0 aliphatic heterocycles. The number of hydrogen-bond acceptors (Lipinski definition) is 7. The van der Waals surface area contributed by atoms with Crippen molar-refractivity contribution >= 4 is 51.1 Å². The molecular formula is C17H19BrN4O3S. The Balaban J connectivity index is 1.98. The molecule has 9 heteroatoms. The molecule has 3 N–H and O–H groups in total. The van der Waals surface area contributed by atoms with Crippen molar-refractivity contribution in [3.05, 3.63) is 39.5 Å². The minimum Gasteiger partial charge on any atom is -0.462 e. The average molecular weight is 439 g/mol. The van der Waals surface area contributed by atoms with Gasteiger partial charge in [-0.1, -0.05) is 11.8 Å². The molecule has 0 saturated heterocycles. The summed E-state index contributed by atoms with van der Waals surface area (Å²) in [6.07, 6.45) is 1.31. The van der Waals surface area contributed by atoms with Crippen LogP contribution in [0.3, 0.4) is 0 Å². The summed E-state index contributed by atoms with van der Waals surface area (Å²) in [6, 6.07) is 3.86. The van der Waals surface area contributed by atoms with Crippen molar-refractivity contribution in [2.45, 2.75) is 25.9 Å². The van der Waals surface area contributed by atoms with Crippen LogP contribution in [-0.2, 0) is 9.53 Å². The van der Waals surface area contributed by atoms with Gasteiger partial charge in [0.05, 0.1) is 18.0 Å². The molecular weight excluding hydrogens is 420 g/mol. The SMILES string of the molecule is CCOC(=O)c1cnc(SCC(=O)Nc2cc(C)c(C)cc2Br)nc1N. The van der Waals surface area contributed by atoms with Gasteiger partial charge in [0.2, 0.25) is 5.91 Å². The van der Waals surface area contributed by atoms with Gasteiger partial charge >= 0.3 is 5.97 Å². The Morgan fingerprint density at radius 1 is 1.31 bits per heavy atom. The van der Waals surface area contributed by atoms with Crippen molar-refractivity contribution in [2.24, 2.45) is 0 Å². The Morgan fingerprint density at radius 2 is 2.00 bits per heavy atom. The monoisotopic (exact) mass is 438 g/mol. The molecule has 0 unspecified atom stereocenters. The third-order valence-corrected chi connectivity index (χ3v) is 5.00. The van der Waals surface area contributed by atoms with Gasteiger partial charge in [-0.15, -0.1) is 0 Å². The second kappa shape index (κ2) is 9.00. The molecule has 1 amide bonds. The maximum atomic E-state index is 12.2. The first-order valence-electron chi connectivity index (χ1n) is 7.80. The Morgan fingerprint density at radius 3 is 2.65 bits per heavy atom. The number of benzene rings is 1. The number of nitrogens with zero attached hydrogens (tertiary/aromatic N) is 2. The molecule has 138 valence electrons. The largest absolute Gasteiger partial charge is 0.462 e. The van der Waals surface area contributed by atoms with Crippen LogP contribution in [0.2, 0.25) is 0 Å². The number of amides is 1. The number of nitrogens with two attached hydrogens (primary N) is 1. The number of aryl methyl sites for hydroxylation is 2. The first kappa shape index (κ1) is 20.2. The first-order valence-corrected chi connectivity index (χ1v) is 9.58. The highest BCUT2D eigenvalue weighted by atomic mass is 79.9. The molecule has 0 atom stereocenters. The second-order valence-corrected chi connectivity index (χ2v) is 7.22. The number of aromatic nitrogens is 2. The fraction of sp³-hybridized carbons (Fsp3) is 0.294. The number of carbonyl (C=O) groups excluding carboxylic acids is 2. The Bertz CT molecular complexity index is 845. The lowest BCUT2D eigenvalue weighted by Gasteiger charge is -2.10. The van der Waals surface area contributed by atoms with Crippen LogP contribution in [0.25, 0.3) is 0 Å². The van der Waals surface area contributed by atoms with Gasteiger partial charge < -0.3 is 15.8 Å². The van der Waals surface area contributed by atoms with Crippen molar-refractivity contribution in [1.82, 2.24) is 9.97 Å². The number of esters is 1. The van der Waals surface area contributed by atoms with E-state index in [2.05, 4.69) is 31.2 Å². The second-order valence-electron chi connectivity index (χ2n) is 5.43. The molecule has 0 fully saturated rings. The predicted octanol–water partition coefficient (Wildman–Crippen LogP) is 3.35. The van der Waals surface area contributed by atoms with Crippen LogP contribution in [0.1, 0.15) is 28.4 Å². The molecule has 0 aliphatic rings. The number of nitrogen functional groups attached to an aromatic ring is 1. The van der Waals surface area contributed by atoms with Gasteiger partial charge in [0.1, 0.15) is 11.4 Å². The highest BCUT2D eigenvalue weighted by molar-refractivity contribution is 9.10. The van der Waals surface area contributed by atoms with E-state index in [-0.39, 0.29) is 29.6 Å². The van der Waals surface area contributed by atoms with Crippen molar-refractivity contribution in [3.63, 3.8) is 0 Å². The summed E-state index contributed by atoms with van der Waals surface area (Å²) in [5.41, 5.74) is 8.80. The highest BCUT2D eigenvalue weighted by Crippen LogP contribution is 2.26. The van der Waals surface area contributed by atoms with E-state index in [0.29, 0.717) is 10.8 Å². The van der Waals surface area contributed by atoms with Crippen LogP contribution in [0.15, 0.2) is 28.0 Å². The lowest BCUT2D eigenvalue weighted by Crippen LogP contribution is -2.15. The summed E-state index contributed by atoms with van der Waals surface area (Å²) >= 11 is 4.57. The Hall–Kier alpha value is -2.13. The molecule has 2 aromatic rings. The van der Waals surface area contributed by atoms with Crippen LogP contribution in [0.5, 0.6) is 0 Å². The molecule has 1 heterocycles. The number of carbonyl (C=O) groups is 2. The van der Waals surface area contributed by atoms with E-state index in [1.165, 1.54) is 6.20 Å². The lowest BCUT2D eigenvalue weighted by molar-refractivity contribution is -0.113. The van der Waals surface area contributed by atoms with Crippen molar-refractivity contribution in [3.8, 4) is 0 Å². The van der Waals surface area contributed by atoms with E-state index < -0.39 is 5.97 Å². The maximum absolute atomic E-state index is 12.2. The summed E-state index contributed by atoms with van der Waals surface area (Å²) in [7, 11) is 0. The average Bonchev–Trinajstić information content (AvgIpc) is 2.58. The molecule has 26 heavy (non-hydrogen) atoms. The number of hydrogen-bond donors (Lipinski definition) is 2. The van der Waals surface area contributed by atoms with E-state index in [0.717, 1.165) is 27.4 Å². The van der Waals surface area contributed by atoms with Gasteiger partial charge in [-0.2, -0.15) is 0 Å². The topological polar surface area (TPSA) is 107 Å². The minimum absolute atomic E-state index is 0.0262. The van der Waals surface area contributed by atoms with Gasteiger partial charge in [0.15, 0.2) is 5.16 Å². The molecule has 0 aliphatic carbocycles. The zero-order valence-corrected chi connectivity index (χ0v) is 17.0. The number of ether oxygens (including phenoxy) is 1. The number of thioether (sulfide) groups is 1. The van der Waals surface area contributed by atoms with E-state index in [1.54, 1.807) is 6.92 Å². The van der Waals surface area contributed by atoms with Crippen LogP contribution < -0.4 is 11.1 Å². The Labute approximate surface area is 164 Å². The lowest BCUT2D eigenvalue weighted by atomic mass is 10.1. The van der Waals surface area contributed by atoms with E-state index in [4.69, 9.17) is 10.5 Å². The van der Waals surface area contributed by atoms with Crippen LogP contribution >= 0.6 is 27.7 Å². The van der Waals surface area contributed by atoms with E-state index in [1.807, 2.05) is 26.0 Å². The first-order chi connectivity index (χ1) is 12.3.